The van der Waals surface area contributed by atoms with Crippen molar-refractivity contribution >= 4 is 27.7 Å². The summed E-state index contributed by atoms with van der Waals surface area (Å²) in [5.74, 6) is 0.899. The number of hydrogen-bond acceptors (Lipinski definition) is 3. The van der Waals surface area contributed by atoms with Crippen LogP contribution in [0, 0.1) is 0 Å². The Morgan fingerprint density at radius 1 is 1.19 bits per heavy atom. The van der Waals surface area contributed by atoms with Gasteiger partial charge in [0.2, 0.25) is 0 Å². The SMILES string of the molecule is CCC(N)Cc1cc(Br)ccc1Sc1ccccc1OC. The Balaban J connectivity index is 2.30. The van der Waals surface area contributed by atoms with Crippen LogP contribution in [0.3, 0.4) is 0 Å². The summed E-state index contributed by atoms with van der Waals surface area (Å²) in [5, 5.41) is 0. The molecule has 0 aliphatic heterocycles. The molecule has 2 N–H and O–H groups in total. The zero-order valence-electron chi connectivity index (χ0n) is 12.3. The fourth-order valence-electron chi connectivity index (χ4n) is 2.06. The molecule has 2 nitrogen and oxygen atoms in total. The zero-order valence-corrected chi connectivity index (χ0v) is 14.7. The molecule has 1 atom stereocenters. The fraction of sp³-hybridized carbons (Fsp3) is 0.294. The third kappa shape index (κ3) is 4.50. The van der Waals surface area contributed by atoms with Gasteiger partial charge in [-0.25, -0.2) is 0 Å². The highest BCUT2D eigenvalue weighted by molar-refractivity contribution is 9.10. The van der Waals surface area contributed by atoms with Crippen molar-refractivity contribution in [3.05, 3.63) is 52.5 Å². The predicted molar refractivity (Wildman–Crippen MR) is 93.2 cm³/mol. The zero-order chi connectivity index (χ0) is 15.2. The Morgan fingerprint density at radius 2 is 1.95 bits per heavy atom. The average Bonchev–Trinajstić information content (AvgIpc) is 2.50. The molecule has 2 aromatic rings. The molecule has 4 heteroatoms. The molecular formula is C17H20BrNOS. The van der Waals surface area contributed by atoms with E-state index in [1.165, 1.54) is 10.5 Å². The molecule has 2 rings (SSSR count). The molecule has 0 aromatic heterocycles. The van der Waals surface area contributed by atoms with Crippen molar-refractivity contribution in [2.24, 2.45) is 5.73 Å². The van der Waals surface area contributed by atoms with E-state index in [-0.39, 0.29) is 6.04 Å². The topological polar surface area (TPSA) is 35.2 Å². The van der Waals surface area contributed by atoms with Crippen molar-refractivity contribution in [2.45, 2.75) is 35.6 Å². The maximum atomic E-state index is 6.12. The predicted octanol–water partition coefficient (Wildman–Crippen LogP) is 4.89. The van der Waals surface area contributed by atoms with Crippen molar-refractivity contribution in [1.82, 2.24) is 0 Å². The van der Waals surface area contributed by atoms with E-state index in [1.807, 2.05) is 18.2 Å². The molecule has 112 valence electrons. The molecule has 0 amide bonds. The van der Waals surface area contributed by atoms with Crippen molar-refractivity contribution in [3.63, 3.8) is 0 Å². The molecule has 0 fully saturated rings. The Hall–Kier alpha value is -0.970. The van der Waals surface area contributed by atoms with Crippen LogP contribution < -0.4 is 10.5 Å². The van der Waals surface area contributed by atoms with Crippen LogP contribution >= 0.6 is 27.7 Å². The monoisotopic (exact) mass is 365 g/mol. The lowest BCUT2D eigenvalue weighted by Gasteiger charge is -2.15. The number of nitrogens with two attached hydrogens (primary N) is 1. The molecular weight excluding hydrogens is 346 g/mol. The molecule has 0 radical (unpaired) electrons. The summed E-state index contributed by atoms with van der Waals surface area (Å²) in [7, 11) is 1.70. The molecule has 0 heterocycles. The highest BCUT2D eigenvalue weighted by Gasteiger charge is 2.11. The van der Waals surface area contributed by atoms with Crippen LogP contribution in [-0.2, 0) is 6.42 Å². The van der Waals surface area contributed by atoms with Gasteiger partial charge >= 0.3 is 0 Å². The van der Waals surface area contributed by atoms with Gasteiger partial charge in [0.1, 0.15) is 5.75 Å². The summed E-state index contributed by atoms with van der Waals surface area (Å²) >= 11 is 5.27. The lowest BCUT2D eigenvalue weighted by molar-refractivity contribution is 0.405. The number of ether oxygens (including phenoxy) is 1. The van der Waals surface area contributed by atoms with Crippen molar-refractivity contribution in [1.29, 1.82) is 0 Å². The highest BCUT2D eigenvalue weighted by atomic mass is 79.9. The average molecular weight is 366 g/mol. The van der Waals surface area contributed by atoms with Gasteiger partial charge in [0.15, 0.2) is 0 Å². The van der Waals surface area contributed by atoms with Crippen LogP contribution in [0.25, 0.3) is 0 Å². The first kappa shape index (κ1) is 16.4. The van der Waals surface area contributed by atoms with Crippen LogP contribution in [0.2, 0.25) is 0 Å². The minimum absolute atomic E-state index is 0.191. The first-order valence-corrected chi connectivity index (χ1v) is 8.59. The summed E-state index contributed by atoms with van der Waals surface area (Å²) < 4.78 is 6.52. The van der Waals surface area contributed by atoms with Crippen LogP contribution in [-0.4, -0.2) is 13.2 Å². The Kier molecular flexibility index (Phi) is 6.15. The smallest absolute Gasteiger partial charge is 0.132 e. The van der Waals surface area contributed by atoms with Gasteiger partial charge in [-0.2, -0.15) is 0 Å². The molecule has 0 saturated heterocycles. The van der Waals surface area contributed by atoms with E-state index >= 15 is 0 Å². The number of methoxy groups -OCH3 is 1. The van der Waals surface area contributed by atoms with Crippen LogP contribution in [0.1, 0.15) is 18.9 Å². The van der Waals surface area contributed by atoms with Gasteiger partial charge in [-0.05, 0) is 48.7 Å². The second kappa shape index (κ2) is 7.87. The maximum Gasteiger partial charge on any atom is 0.132 e. The minimum atomic E-state index is 0.191. The molecule has 1 unspecified atom stereocenters. The lowest BCUT2D eigenvalue weighted by Crippen LogP contribution is -2.21. The number of hydrogen-bond donors (Lipinski definition) is 1. The Bertz CT molecular complexity index is 603. The van der Waals surface area contributed by atoms with E-state index in [4.69, 9.17) is 10.5 Å². The van der Waals surface area contributed by atoms with Gasteiger partial charge in [-0.3, -0.25) is 0 Å². The normalized spacial score (nSPS) is 12.2. The largest absolute Gasteiger partial charge is 0.496 e. The number of rotatable bonds is 6. The lowest BCUT2D eigenvalue weighted by atomic mass is 10.1. The van der Waals surface area contributed by atoms with Crippen molar-refractivity contribution < 1.29 is 4.74 Å². The van der Waals surface area contributed by atoms with E-state index in [0.29, 0.717) is 0 Å². The number of para-hydroxylation sites is 1. The molecule has 21 heavy (non-hydrogen) atoms. The second-order valence-electron chi connectivity index (χ2n) is 4.88. The third-order valence-electron chi connectivity index (χ3n) is 3.32. The Labute approximate surface area is 139 Å². The second-order valence-corrected chi connectivity index (χ2v) is 6.88. The standard InChI is InChI=1S/C17H20BrNOS/c1-3-14(19)11-12-10-13(18)8-9-16(12)21-17-7-5-4-6-15(17)20-2/h4-10,14H,3,11,19H2,1-2H3. The molecule has 0 bridgehead atoms. The first-order valence-electron chi connectivity index (χ1n) is 6.99. The third-order valence-corrected chi connectivity index (χ3v) is 4.99. The quantitative estimate of drug-likeness (QED) is 0.791. The maximum absolute atomic E-state index is 6.12. The molecule has 0 aliphatic rings. The summed E-state index contributed by atoms with van der Waals surface area (Å²) in [5.41, 5.74) is 7.40. The highest BCUT2D eigenvalue weighted by Crippen LogP contribution is 2.37. The summed E-state index contributed by atoms with van der Waals surface area (Å²) in [6, 6.07) is 14.6. The minimum Gasteiger partial charge on any atom is -0.496 e. The van der Waals surface area contributed by atoms with Gasteiger partial charge in [-0.1, -0.05) is 46.7 Å². The van der Waals surface area contributed by atoms with E-state index in [1.54, 1.807) is 18.9 Å². The van der Waals surface area contributed by atoms with Crippen LogP contribution in [0.4, 0.5) is 0 Å². The summed E-state index contributed by atoms with van der Waals surface area (Å²) in [6.07, 6.45) is 1.86. The van der Waals surface area contributed by atoms with Gasteiger partial charge in [0.25, 0.3) is 0 Å². The van der Waals surface area contributed by atoms with Gasteiger partial charge < -0.3 is 10.5 Å². The fourth-order valence-corrected chi connectivity index (χ4v) is 3.51. The van der Waals surface area contributed by atoms with Gasteiger partial charge in [-0.15, -0.1) is 0 Å². The van der Waals surface area contributed by atoms with Crippen molar-refractivity contribution in [2.75, 3.05) is 7.11 Å². The summed E-state index contributed by atoms with van der Waals surface area (Å²) in [6.45, 7) is 2.12. The van der Waals surface area contributed by atoms with Crippen LogP contribution in [0.5, 0.6) is 5.75 Å². The summed E-state index contributed by atoms with van der Waals surface area (Å²) in [4.78, 5) is 2.35. The van der Waals surface area contributed by atoms with E-state index in [9.17, 15) is 0 Å². The first-order chi connectivity index (χ1) is 10.1. The molecule has 0 spiro atoms. The molecule has 2 aromatic carbocycles. The van der Waals surface area contributed by atoms with E-state index in [0.717, 1.165) is 28.0 Å². The van der Waals surface area contributed by atoms with E-state index < -0.39 is 0 Å². The van der Waals surface area contributed by atoms with Crippen molar-refractivity contribution in [3.8, 4) is 5.75 Å². The van der Waals surface area contributed by atoms with Crippen LogP contribution in [0.15, 0.2) is 56.7 Å². The molecule has 0 saturated carbocycles. The van der Waals surface area contributed by atoms with E-state index in [2.05, 4.69) is 47.1 Å². The Morgan fingerprint density at radius 3 is 2.67 bits per heavy atom. The van der Waals surface area contributed by atoms with Gasteiger partial charge in [0.05, 0.1) is 12.0 Å². The number of benzene rings is 2. The van der Waals surface area contributed by atoms with Gasteiger partial charge in [0, 0.05) is 15.4 Å². The molecule has 0 aliphatic carbocycles. The number of halogens is 1.